The number of amides is 1. The summed E-state index contributed by atoms with van der Waals surface area (Å²) >= 11 is 1.27. The third-order valence-electron chi connectivity index (χ3n) is 5.26. The summed E-state index contributed by atoms with van der Waals surface area (Å²) in [7, 11) is 0.895. The van der Waals surface area contributed by atoms with E-state index in [4.69, 9.17) is 14.2 Å². The van der Waals surface area contributed by atoms with Gasteiger partial charge in [-0.2, -0.15) is 4.31 Å². The van der Waals surface area contributed by atoms with Gasteiger partial charge >= 0.3 is 0 Å². The van der Waals surface area contributed by atoms with Crippen molar-refractivity contribution in [3.63, 3.8) is 0 Å². The van der Waals surface area contributed by atoms with Crippen molar-refractivity contribution in [3.05, 3.63) is 58.6 Å². The van der Waals surface area contributed by atoms with E-state index in [-0.39, 0.29) is 17.3 Å². The molecule has 33 heavy (non-hydrogen) atoms. The molecule has 174 valence electrons. The van der Waals surface area contributed by atoms with Gasteiger partial charge in [0.2, 0.25) is 10.0 Å². The summed E-state index contributed by atoms with van der Waals surface area (Å²) in [5, 5.41) is 3.21. The van der Waals surface area contributed by atoms with Gasteiger partial charge < -0.3 is 14.2 Å². The number of carbonyl (C=O) groups is 1. The van der Waals surface area contributed by atoms with Gasteiger partial charge in [-0.15, -0.1) is 11.3 Å². The van der Waals surface area contributed by atoms with E-state index in [2.05, 4.69) is 10.3 Å². The van der Waals surface area contributed by atoms with E-state index >= 15 is 0 Å². The van der Waals surface area contributed by atoms with Gasteiger partial charge in [0.1, 0.15) is 5.75 Å². The molecule has 1 aromatic heterocycles. The summed E-state index contributed by atoms with van der Waals surface area (Å²) in [6, 6.07) is 11.2. The predicted molar refractivity (Wildman–Crippen MR) is 124 cm³/mol. The quantitative estimate of drug-likeness (QED) is 0.543. The first-order valence-corrected chi connectivity index (χ1v) is 12.3. The third-order valence-corrected chi connectivity index (χ3v) is 8.12. The largest absolute Gasteiger partial charge is 0.497 e. The number of nitrogens with zero attached hydrogens (tertiary/aromatic N) is 2. The van der Waals surface area contributed by atoms with Crippen LogP contribution in [0.15, 0.2) is 47.4 Å². The van der Waals surface area contributed by atoms with Crippen LogP contribution in [0.3, 0.4) is 0 Å². The minimum atomic E-state index is -3.66. The lowest BCUT2D eigenvalue weighted by Gasteiger charge is -2.25. The lowest BCUT2D eigenvalue weighted by molar-refractivity contribution is 0.102. The number of thiazole rings is 1. The second-order valence-corrected chi connectivity index (χ2v) is 10.2. The van der Waals surface area contributed by atoms with Gasteiger partial charge in [-0.3, -0.25) is 10.1 Å². The molecule has 0 saturated heterocycles. The Morgan fingerprint density at radius 2 is 1.76 bits per heavy atom. The molecule has 11 heteroatoms. The standard InChI is InChI=1S/C22H23N3O6S2/c1-29-15-5-7-16(8-6-15)33(27,28)25-11-10-17-20(13-25)32-22(23-17)24-21(26)14-4-9-18(30-2)19(12-14)31-3/h4-9,12H,10-11,13H2,1-3H3,(H,23,24,26). The van der Waals surface area contributed by atoms with Crippen molar-refractivity contribution in [3.8, 4) is 17.2 Å². The van der Waals surface area contributed by atoms with E-state index in [0.29, 0.717) is 40.9 Å². The van der Waals surface area contributed by atoms with E-state index in [1.807, 2.05) is 0 Å². The second kappa shape index (κ2) is 9.38. The van der Waals surface area contributed by atoms with Crippen LogP contribution in [0, 0.1) is 0 Å². The molecule has 0 fully saturated rings. The Morgan fingerprint density at radius 1 is 1.03 bits per heavy atom. The third kappa shape index (κ3) is 4.65. The number of sulfonamides is 1. The molecule has 4 rings (SSSR count). The Morgan fingerprint density at radius 3 is 2.42 bits per heavy atom. The molecular weight excluding hydrogens is 466 g/mol. The highest BCUT2D eigenvalue weighted by molar-refractivity contribution is 7.89. The number of ether oxygens (including phenoxy) is 3. The maximum absolute atomic E-state index is 13.1. The Kier molecular flexibility index (Phi) is 6.54. The zero-order chi connectivity index (χ0) is 23.6. The Labute approximate surface area is 196 Å². The lowest BCUT2D eigenvalue weighted by atomic mass is 10.2. The van der Waals surface area contributed by atoms with E-state index in [9.17, 15) is 13.2 Å². The molecule has 0 saturated carbocycles. The van der Waals surface area contributed by atoms with Crippen molar-refractivity contribution in [1.82, 2.24) is 9.29 Å². The first-order valence-electron chi connectivity index (χ1n) is 10.0. The topological polar surface area (TPSA) is 107 Å². The summed E-state index contributed by atoms with van der Waals surface area (Å²) < 4.78 is 43.1. The van der Waals surface area contributed by atoms with Gasteiger partial charge in [0.25, 0.3) is 5.91 Å². The van der Waals surface area contributed by atoms with Crippen molar-refractivity contribution in [1.29, 1.82) is 0 Å². The normalized spacial score (nSPS) is 13.8. The Balaban J connectivity index is 1.49. The summed E-state index contributed by atoms with van der Waals surface area (Å²) in [5.74, 6) is 1.22. The highest BCUT2D eigenvalue weighted by atomic mass is 32.2. The average molecular weight is 490 g/mol. The number of hydrogen-bond acceptors (Lipinski definition) is 8. The van der Waals surface area contributed by atoms with Crippen LogP contribution in [0.4, 0.5) is 5.13 Å². The lowest BCUT2D eigenvalue weighted by Crippen LogP contribution is -2.35. The predicted octanol–water partition coefficient (Wildman–Crippen LogP) is 3.17. The molecule has 0 aliphatic carbocycles. The van der Waals surface area contributed by atoms with Crippen LogP contribution in [0.5, 0.6) is 17.2 Å². The second-order valence-electron chi connectivity index (χ2n) is 7.18. The smallest absolute Gasteiger partial charge is 0.257 e. The summed E-state index contributed by atoms with van der Waals surface area (Å²) in [5.41, 5.74) is 1.19. The monoisotopic (exact) mass is 489 g/mol. The molecule has 1 aliphatic rings. The van der Waals surface area contributed by atoms with Crippen molar-refractivity contribution in [2.24, 2.45) is 0 Å². The van der Waals surface area contributed by atoms with Crippen LogP contribution in [-0.4, -0.2) is 51.5 Å². The molecule has 1 amide bonds. The van der Waals surface area contributed by atoms with Gasteiger partial charge in [-0.05, 0) is 42.5 Å². The molecule has 0 radical (unpaired) electrons. The number of anilines is 1. The number of aromatic nitrogens is 1. The van der Waals surface area contributed by atoms with Crippen LogP contribution < -0.4 is 19.5 Å². The van der Waals surface area contributed by atoms with Crippen LogP contribution in [0.25, 0.3) is 0 Å². The van der Waals surface area contributed by atoms with Gasteiger partial charge in [0.05, 0.1) is 38.5 Å². The molecule has 2 aromatic carbocycles. The van der Waals surface area contributed by atoms with E-state index in [0.717, 1.165) is 10.6 Å². The zero-order valence-corrected chi connectivity index (χ0v) is 20.0. The van der Waals surface area contributed by atoms with Crippen LogP contribution in [0.2, 0.25) is 0 Å². The fraction of sp³-hybridized carbons (Fsp3) is 0.273. The maximum Gasteiger partial charge on any atom is 0.257 e. The average Bonchev–Trinajstić information content (AvgIpc) is 3.25. The number of fused-ring (bicyclic) bond motifs is 1. The summed E-state index contributed by atoms with van der Waals surface area (Å²) in [6.07, 6.45) is 0.466. The number of rotatable bonds is 7. The number of benzene rings is 2. The van der Waals surface area contributed by atoms with E-state index in [1.165, 1.54) is 49.1 Å². The molecule has 0 atom stereocenters. The van der Waals surface area contributed by atoms with E-state index < -0.39 is 10.0 Å². The van der Waals surface area contributed by atoms with Crippen LogP contribution >= 0.6 is 11.3 Å². The van der Waals surface area contributed by atoms with E-state index in [1.54, 1.807) is 30.3 Å². The summed E-state index contributed by atoms with van der Waals surface area (Å²) in [6.45, 7) is 0.516. The van der Waals surface area contributed by atoms with Crippen LogP contribution in [-0.2, 0) is 23.0 Å². The van der Waals surface area contributed by atoms with Crippen molar-refractivity contribution in [2.45, 2.75) is 17.9 Å². The molecule has 1 N–H and O–H groups in total. The van der Waals surface area contributed by atoms with Crippen molar-refractivity contribution >= 4 is 32.4 Å². The Bertz CT molecular complexity index is 1270. The van der Waals surface area contributed by atoms with Gasteiger partial charge in [-0.25, -0.2) is 13.4 Å². The highest BCUT2D eigenvalue weighted by Gasteiger charge is 2.30. The number of carbonyl (C=O) groups excluding carboxylic acids is 1. The minimum absolute atomic E-state index is 0.202. The summed E-state index contributed by atoms with van der Waals surface area (Å²) in [4.78, 5) is 18.2. The molecule has 3 aromatic rings. The van der Waals surface area contributed by atoms with Crippen LogP contribution in [0.1, 0.15) is 20.9 Å². The molecule has 2 heterocycles. The fourth-order valence-corrected chi connectivity index (χ4v) is 5.98. The molecule has 0 bridgehead atoms. The number of hydrogen-bond donors (Lipinski definition) is 1. The SMILES string of the molecule is COc1ccc(S(=O)(=O)N2CCc3nc(NC(=O)c4ccc(OC)c(OC)c4)sc3C2)cc1. The maximum atomic E-state index is 13.1. The first-order chi connectivity index (χ1) is 15.8. The molecule has 0 unspecified atom stereocenters. The number of methoxy groups -OCH3 is 3. The zero-order valence-electron chi connectivity index (χ0n) is 18.3. The molecular formula is C22H23N3O6S2. The van der Waals surface area contributed by atoms with Crippen molar-refractivity contribution in [2.75, 3.05) is 33.2 Å². The minimum Gasteiger partial charge on any atom is -0.497 e. The highest BCUT2D eigenvalue weighted by Crippen LogP contribution is 2.32. The van der Waals surface area contributed by atoms with Gasteiger partial charge in [-0.1, -0.05) is 0 Å². The molecule has 0 spiro atoms. The first kappa shape index (κ1) is 23.0. The van der Waals surface area contributed by atoms with Gasteiger partial charge in [0, 0.05) is 23.4 Å². The molecule has 1 aliphatic heterocycles. The fourth-order valence-electron chi connectivity index (χ4n) is 3.47. The number of nitrogens with one attached hydrogen (secondary N) is 1. The van der Waals surface area contributed by atoms with Crippen molar-refractivity contribution < 1.29 is 27.4 Å². The molecule has 9 nitrogen and oxygen atoms in total. The van der Waals surface area contributed by atoms with Gasteiger partial charge in [0.15, 0.2) is 16.6 Å². The Hall–Kier alpha value is -3.15.